The molecule has 10 N–H and O–H groups in total. The van der Waals surface area contributed by atoms with Gasteiger partial charge in [0.25, 0.3) is 0 Å². The van der Waals surface area contributed by atoms with Crippen LogP contribution in [0.15, 0.2) is 12.2 Å². The van der Waals surface area contributed by atoms with E-state index in [1.165, 1.54) is 0 Å². The highest BCUT2D eigenvalue weighted by Crippen LogP contribution is 2.71. The lowest BCUT2D eigenvalue weighted by Gasteiger charge is -2.64. The molecule has 15 heteroatoms. The Morgan fingerprint density at radius 1 is 0.778 bits per heavy atom. The van der Waals surface area contributed by atoms with Crippen molar-refractivity contribution < 1.29 is 74.7 Å². The topological polar surface area (TPSA) is 248 Å². The van der Waals surface area contributed by atoms with Crippen molar-refractivity contribution in [1.29, 1.82) is 0 Å². The van der Waals surface area contributed by atoms with E-state index in [9.17, 15) is 51.1 Å². The fraction of sp³-hybridized carbons (Fsp3) is 0.949. The molecular formula is C39H64O15. The highest BCUT2D eigenvalue weighted by molar-refractivity contribution is 5.17. The normalized spacial score (nSPS) is 57.1. The molecule has 4 aliphatic carbocycles. The molecule has 23 atom stereocenters. The second-order valence-corrected chi connectivity index (χ2v) is 18.4. The zero-order valence-electron chi connectivity index (χ0n) is 31.8. The van der Waals surface area contributed by atoms with Crippen LogP contribution in [0.4, 0.5) is 0 Å². The third kappa shape index (κ3) is 6.55. The van der Waals surface area contributed by atoms with Crippen molar-refractivity contribution in [1.82, 2.24) is 0 Å². The number of hydrogen-bond acceptors (Lipinski definition) is 15. The molecule has 7 aliphatic rings. The Balaban J connectivity index is 1.01. The maximum absolute atomic E-state index is 12.0. The van der Waals surface area contributed by atoms with Gasteiger partial charge in [0.2, 0.25) is 0 Å². The van der Waals surface area contributed by atoms with Gasteiger partial charge in [-0.25, -0.2) is 0 Å². The van der Waals surface area contributed by atoms with E-state index in [1.807, 2.05) is 0 Å². The van der Waals surface area contributed by atoms with Crippen molar-refractivity contribution in [3.8, 4) is 0 Å². The van der Waals surface area contributed by atoms with Gasteiger partial charge in [-0.15, -0.1) is 0 Å². The third-order valence-corrected chi connectivity index (χ3v) is 15.7. The van der Waals surface area contributed by atoms with Gasteiger partial charge in [-0.05, 0) is 80.5 Å². The third-order valence-electron chi connectivity index (χ3n) is 15.7. The number of ether oxygens (including phenoxy) is 5. The van der Waals surface area contributed by atoms with Crippen molar-refractivity contribution >= 4 is 0 Å². The predicted molar refractivity (Wildman–Crippen MR) is 188 cm³/mol. The van der Waals surface area contributed by atoms with E-state index in [2.05, 4.69) is 27.4 Å². The molecule has 7 fully saturated rings. The van der Waals surface area contributed by atoms with E-state index in [-0.39, 0.29) is 66.5 Å². The predicted octanol–water partition coefficient (Wildman–Crippen LogP) is -0.714. The molecule has 7 rings (SSSR count). The largest absolute Gasteiger partial charge is 0.394 e. The zero-order valence-corrected chi connectivity index (χ0v) is 31.8. The maximum Gasteiger partial charge on any atom is 0.187 e. The average molecular weight is 773 g/mol. The molecule has 0 aromatic carbocycles. The fourth-order valence-electron chi connectivity index (χ4n) is 12.6. The Morgan fingerprint density at radius 3 is 2.17 bits per heavy atom. The van der Waals surface area contributed by atoms with Gasteiger partial charge in [0.05, 0.1) is 43.7 Å². The molecule has 0 radical (unpaired) electrons. The summed E-state index contributed by atoms with van der Waals surface area (Å²) in [5, 5.41) is 106. The van der Waals surface area contributed by atoms with Crippen molar-refractivity contribution in [2.24, 2.45) is 46.3 Å². The lowest BCUT2D eigenvalue weighted by atomic mass is 9.43. The molecule has 2 unspecified atom stereocenters. The van der Waals surface area contributed by atoms with Gasteiger partial charge in [0.15, 0.2) is 18.4 Å². The summed E-state index contributed by atoms with van der Waals surface area (Å²) in [5.41, 5.74) is -0.0752. The second-order valence-electron chi connectivity index (χ2n) is 18.4. The molecule has 0 amide bonds. The van der Waals surface area contributed by atoms with E-state index in [0.717, 1.165) is 25.7 Å². The van der Waals surface area contributed by atoms with Crippen LogP contribution in [0, 0.1) is 46.3 Å². The van der Waals surface area contributed by atoms with E-state index < -0.39 is 97.5 Å². The van der Waals surface area contributed by atoms with Crippen LogP contribution in [0.25, 0.3) is 0 Å². The summed E-state index contributed by atoms with van der Waals surface area (Å²) in [6.45, 7) is 11.6. The van der Waals surface area contributed by atoms with Crippen LogP contribution in [0.3, 0.4) is 0 Å². The molecule has 310 valence electrons. The van der Waals surface area contributed by atoms with E-state index in [1.54, 1.807) is 6.92 Å². The standard InChI is InChI=1S/C39H64O15/c1-16(15-50-35-33(47)32(46)30(44)25(14-40)52-35)8-11-39(49)17(2)27-24(54-39)12-22-19-6-7-21-29(43)23(41)13-26(38(21,5)20(19)9-10-37(22,27)4)53-36-34(48)31(45)28(42)18(3)51-36/h17-36,40-49H,1,6-15H2,2-5H3/t17-,18+,19+,20-,21?,22-,23-,24-,25+,26+,27-,28-,29-,30+,31-,32-,33+,34+,35+,36-,37-,38+,39?/m0/s1. The lowest BCUT2D eigenvalue weighted by molar-refractivity contribution is -0.334. The fourth-order valence-corrected chi connectivity index (χ4v) is 12.6. The van der Waals surface area contributed by atoms with Gasteiger partial charge in [-0.1, -0.05) is 32.9 Å². The molecular weight excluding hydrogens is 708 g/mol. The summed E-state index contributed by atoms with van der Waals surface area (Å²) >= 11 is 0. The van der Waals surface area contributed by atoms with Gasteiger partial charge >= 0.3 is 0 Å². The molecule has 3 heterocycles. The zero-order chi connectivity index (χ0) is 39.2. The Hall–Kier alpha value is -0.860. The number of hydrogen-bond donors (Lipinski definition) is 10. The number of rotatable bonds is 9. The van der Waals surface area contributed by atoms with Crippen LogP contribution in [-0.2, 0) is 23.7 Å². The second kappa shape index (κ2) is 15.1. The summed E-state index contributed by atoms with van der Waals surface area (Å²) in [6.07, 6.45) is -10.9. The van der Waals surface area contributed by atoms with Crippen LogP contribution in [-0.4, -0.2) is 156 Å². The lowest BCUT2D eigenvalue weighted by Crippen LogP contribution is -2.66. The minimum absolute atomic E-state index is 0.0353. The molecule has 0 spiro atoms. The van der Waals surface area contributed by atoms with E-state index in [4.69, 9.17) is 23.7 Å². The minimum atomic E-state index is -1.54. The van der Waals surface area contributed by atoms with Crippen molar-refractivity contribution in [2.45, 2.75) is 171 Å². The monoisotopic (exact) mass is 772 g/mol. The van der Waals surface area contributed by atoms with Crippen LogP contribution in [0.1, 0.15) is 79.1 Å². The summed E-state index contributed by atoms with van der Waals surface area (Å²) in [4.78, 5) is 0. The van der Waals surface area contributed by atoms with Gasteiger partial charge < -0.3 is 74.7 Å². The SMILES string of the molecule is C=C(CCC1(O)O[C@H]2C[C@H]3[C@@H]4CCC5[C@H](O)[C@@H](O)C[C@@H](O[C@@H]6O[C@H](C)[C@H](O)[C@H](O)[C@H]6O)[C@]5(C)[C@H]4CC[C@]3(C)[C@H]2[C@@H]1C)CO[C@@H]1O[C@H](CO)[C@@H](O)[C@H](O)[C@H]1O. The maximum atomic E-state index is 12.0. The first-order chi connectivity index (χ1) is 25.4. The summed E-state index contributed by atoms with van der Waals surface area (Å²) in [5.74, 6) is -1.03. The van der Waals surface area contributed by atoms with Gasteiger partial charge in [-0.3, -0.25) is 0 Å². The molecule has 3 saturated heterocycles. The summed E-state index contributed by atoms with van der Waals surface area (Å²) in [6, 6.07) is 0. The highest BCUT2D eigenvalue weighted by atomic mass is 16.7. The smallest absolute Gasteiger partial charge is 0.187 e. The molecule has 54 heavy (non-hydrogen) atoms. The summed E-state index contributed by atoms with van der Waals surface area (Å²) in [7, 11) is 0. The number of fused-ring (bicyclic) bond motifs is 7. The molecule has 0 aromatic heterocycles. The van der Waals surface area contributed by atoms with E-state index >= 15 is 0 Å². The van der Waals surface area contributed by atoms with Gasteiger partial charge in [0, 0.05) is 24.2 Å². The summed E-state index contributed by atoms with van der Waals surface area (Å²) < 4.78 is 30.1. The average Bonchev–Trinajstić information content (AvgIpc) is 3.57. The molecule has 0 aromatic rings. The molecule has 4 saturated carbocycles. The highest BCUT2D eigenvalue weighted by Gasteiger charge is 2.70. The Kier molecular flexibility index (Phi) is 11.5. The van der Waals surface area contributed by atoms with Crippen molar-refractivity contribution in [3.63, 3.8) is 0 Å². The first-order valence-corrected chi connectivity index (χ1v) is 20.1. The molecule has 15 nitrogen and oxygen atoms in total. The number of aliphatic hydroxyl groups excluding tert-OH is 9. The van der Waals surface area contributed by atoms with Crippen LogP contribution >= 0.6 is 0 Å². The first-order valence-electron chi connectivity index (χ1n) is 20.1. The van der Waals surface area contributed by atoms with Crippen LogP contribution in [0.2, 0.25) is 0 Å². The molecule has 0 bridgehead atoms. The van der Waals surface area contributed by atoms with Crippen molar-refractivity contribution in [2.75, 3.05) is 13.2 Å². The first kappa shape index (κ1) is 41.3. The van der Waals surface area contributed by atoms with Crippen LogP contribution in [0.5, 0.6) is 0 Å². The van der Waals surface area contributed by atoms with Gasteiger partial charge in [-0.2, -0.15) is 0 Å². The Bertz CT molecular complexity index is 1350. The number of aliphatic hydroxyl groups is 10. The van der Waals surface area contributed by atoms with Crippen LogP contribution < -0.4 is 0 Å². The quantitative estimate of drug-likeness (QED) is 0.130. The minimum Gasteiger partial charge on any atom is -0.394 e. The molecule has 3 aliphatic heterocycles. The van der Waals surface area contributed by atoms with Crippen molar-refractivity contribution in [3.05, 3.63) is 12.2 Å². The Labute approximate surface area is 316 Å². The van der Waals surface area contributed by atoms with E-state index in [0.29, 0.717) is 18.4 Å². The Morgan fingerprint density at radius 2 is 1.46 bits per heavy atom. The van der Waals surface area contributed by atoms with Gasteiger partial charge in [0.1, 0.15) is 42.7 Å².